The third kappa shape index (κ3) is 2.52. The van der Waals surface area contributed by atoms with Crippen molar-refractivity contribution in [2.24, 2.45) is 0 Å². The number of hydrogen-bond acceptors (Lipinski definition) is 2. The van der Waals surface area contributed by atoms with Crippen molar-refractivity contribution < 1.29 is 9.18 Å². The number of carbonyl (C=O) groups is 1. The number of fused-ring (bicyclic) bond motifs is 2. The third-order valence-electron chi connectivity index (χ3n) is 4.75. The predicted molar refractivity (Wildman–Crippen MR) is 103 cm³/mol. The summed E-state index contributed by atoms with van der Waals surface area (Å²) in [5.74, 6) is -0.590. The van der Waals surface area contributed by atoms with Gasteiger partial charge in [0.1, 0.15) is 5.82 Å². The second-order valence-electron chi connectivity index (χ2n) is 6.39. The van der Waals surface area contributed by atoms with E-state index in [1.54, 1.807) is 23.2 Å². The monoisotopic (exact) mass is 355 g/mol. The number of benzene rings is 2. The van der Waals surface area contributed by atoms with Gasteiger partial charge in [0, 0.05) is 45.5 Å². The van der Waals surface area contributed by atoms with Crippen LogP contribution in [0.1, 0.15) is 10.4 Å². The van der Waals surface area contributed by atoms with Crippen molar-refractivity contribution in [2.75, 3.05) is 0 Å². The normalized spacial score (nSPS) is 11.3. The molecular weight excluding hydrogens is 341 g/mol. The maximum absolute atomic E-state index is 13.1. The number of nitrogens with one attached hydrogen (secondary N) is 1. The summed E-state index contributed by atoms with van der Waals surface area (Å²) in [4.78, 5) is 20.6. The predicted octanol–water partition coefficient (Wildman–Crippen LogP) is 5.01. The highest BCUT2D eigenvalue weighted by Crippen LogP contribution is 2.30. The molecule has 5 rings (SSSR count). The molecule has 2 aromatic carbocycles. The fourth-order valence-corrected chi connectivity index (χ4v) is 3.40. The average molecular weight is 355 g/mol. The Hall–Kier alpha value is -3.73. The minimum absolute atomic E-state index is 0.222. The van der Waals surface area contributed by atoms with Gasteiger partial charge in [0.05, 0.1) is 11.7 Å². The second-order valence-corrected chi connectivity index (χ2v) is 6.39. The highest BCUT2D eigenvalue weighted by atomic mass is 19.1. The van der Waals surface area contributed by atoms with E-state index in [0.717, 1.165) is 27.5 Å². The fraction of sp³-hybridized carbons (Fsp3) is 0. The Morgan fingerprint density at radius 3 is 2.63 bits per heavy atom. The molecular formula is C22H14FN3O. The lowest BCUT2D eigenvalue weighted by atomic mass is 10.1. The number of para-hydroxylation sites is 1. The highest BCUT2D eigenvalue weighted by Gasteiger charge is 2.15. The molecule has 3 heterocycles. The molecule has 0 radical (unpaired) electrons. The molecule has 27 heavy (non-hydrogen) atoms. The van der Waals surface area contributed by atoms with Gasteiger partial charge in [-0.2, -0.15) is 0 Å². The van der Waals surface area contributed by atoms with Gasteiger partial charge in [0.25, 0.3) is 5.91 Å². The van der Waals surface area contributed by atoms with Crippen LogP contribution in [0.4, 0.5) is 4.39 Å². The van der Waals surface area contributed by atoms with Gasteiger partial charge < -0.3 is 4.98 Å². The number of pyridine rings is 1. The van der Waals surface area contributed by atoms with Crippen LogP contribution in [-0.2, 0) is 0 Å². The van der Waals surface area contributed by atoms with Gasteiger partial charge in [-0.15, -0.1) is 0 Å². The van der Waals surface area contributed by atoms with E-state index in [4.69, 9.17) is 0 Å². The number of aromatic nitrogens is 3. The minimum atomic E-state index is -0.369. The van der Waals surface area contributed by atoms with Crippen LogP contribution in [0.3, 0.4) is 0 Å². The number of halogens is 1. The van der Waals surface area contributed by atoms with Crippen molar-refractivity contribution in [3.63, 3.8) is 0 Å². The van der Waals surface area contributed by atoms with Gasteiger partial charge in [0.15, 0.2) is 0 Å². The van der Waals surface area contributed by atoms with E-state index in [2.05, 4.69) is 16.0 Å². The van der Waals surface area contributed by atoms with Crippen LogP contribution in [-0.4, -0.2) is 20.4 Å². The molecule has 0 fully saturated rings. The molecule has 3 aromatic heterocycles. The van der Waals surface area contributed by atoms with Crippen LogP contribution in [0.2, 0.25) is 0 Å². The molecule has 0 saturated carbocycles. The maximum atomic E-state index is 13.1. The Labute approximate surface area is 153 Å². The Morgan fingerprint density at radius 2 is 1.81 bits per heavy atom. The summed E-state index contributed by atoms with van der Waals surface area (Å²) < 4.78 is 14.7. The number of nitrogens with zero attached hydrogens (tertiary/aromatic N) is 2. The van der Waals surface area contributed by atoms with E-state index in [-0.39, 0.29) is 11.7 Å². The maximum Gasteiger partial charge on any atom is 0.262 e. The smallest absolute Gasteiger partial charge is 0.262 e. The molecule has 4 nitrogen and oxygen atoms in total. The zero-order valence-corrected chi connectivity index (χ0v) is 14.2. The number of aromatic amines is 1. The van der Waals surface area contributed by atoms with E-state index >= 15 is 0 Å². The Balaban J connectivity index is 1.64. The summed E-state index contributed by atoms with van der Waals surface area (Å²) in [7, 11) is 0. The Bertz CT molecular complexity index is 1270. The zero-order chi connectivity index (χ0) is 18.4. The summed E-state index contributed by atoms with van der Waals surface area (Å²) in [6.45, 7) is 0. The largest absolute Gasteiger partial charge is 0.354 e. The average Bonchev–Trinajstić information content (AvgIpc) is 3.32. The van der Waals surface area contributed by atoms with E-state index in [1.165, 1.54) is 24.3 Å². The molecule has 0 bridgehead atoms. The van der Waals surface area contributed by atoms with Gasteiger partial charge in [-0.25, -0.2) is 4.39 Å². The van der Waals surface area contributed by atoms with E-state index in [1.807, 2.05) is 30.3 Å². The molecule has 0 atom stereocenters. The molecule has 0 aliphatic carbocycles. The molecule has 0 saturated heterocycles. The number of carbonyl (C=O) groups excluding carboxylic acids is 1. The standard InChI is InChI=1S/C22H14FN3O/c23-16-7-5-14(6-8-16)22(27)26-10-9-17-18(12-24-13-21(17)26)20-11-15-3-1-2-4-19(15)25-20/h1-13,25H. The van der Waals surface area contributed by atoms with Gasteiger partial charge in [0.2, 0.25) is 0 Å². The molecule has 0 unspecified atom stereocenters. The summed E-state index contributed by atoms with van der Waals surface area (Å²) in [5, 5.41) is 2.04. The van der Waals surface area contributed by atoms with Crippen molar-refractivity contribution >= 4 is 27.7 Å². The topological polar surface area (TPSA) is 50.7 Å². The first kappa shape index (κ1) is 15.5. The quantitative estimate of drug-likeness (QED) is 0.484. The highest BCUT2D eigenvalue weighted by molar-refractivity contribution is 6.05. The summed E-state index contributed by atoms with van der Waals surface area (Å²) in [6, 6.07) is 17.6. The van der Waals surface area contributed by atoms with Gasteiger partial charge in [-0.1, -0.05) is 18.2 Å². The first-order chi connectivity index (χ1) is 13.2. The molecule has 1 N–H and O–H groups in total. The third-order valence-corrected chi connectivity index (χ3v) is 4.75. The van der Waals surface area contributed by atoms with Gasteiger partial charge >= 0.3 is 0 Å². The first-order valence-corrected chi connectivity index (χ1v) is 8.54. The van der Waals surface area contributed by atoms with E-state index < -0.39 is 0 Å². The van der Waals surface area contributed by atoms with Gasteiger partial charge in [-0.05, 0) is 42.5 Å². The molecule has 0 spiro atoms. The molecule has 0 amide bonds. The molecule has 130 valence electrons. The fourth-order valence-electron chi connectivity index (χ4n) is 3.40. The van der Waals surface area contributed by atoms with Crippen molar-refractivity contribution in [2.45, 2.75) is 0 Å². The number of rotatable bonds is 2. The lowest BCUT2D eigenvalue weighted by Crippen LogP contribution is -2.10. The van der Waals surface area contributed by atoms with Crippen molar-refractivity contribution in [1.29, 1.82) is 0 Å². The van der Waals surface area contributed by atoms with Crippen molar-refractivity contribution in [3.05, 3.63) is 90.6 Å². The lowest BCUT2D eigenvalue weighted by molar-refractivity contribution is 0.0965. The first-order valence-electron chi connectivity index (χ1n) is 8.54. The summed E-state index contributed by atoms with van der Waals surface area (Å²) >= 11 is 0. The van der Waals surface area contributed by atoms with Crippen LogP contribution in [0.5, 0.6) is 0 Å². The second kappa shape index (κ2) is 5.92. The zero-order valence-electron chi connectivity index (χ0n) is 14.2. The number of H-pyrrole nitrogens is 1. The van der Waals surface area contributed by atoms with Crippen molar-refractivity contribution in [3.8, 4) is 11.3 Å². The van der Waals surface area contributed by atoms with Crippen LogP contribution in [0.25, 0.3) is 33.1 Å². The Morgan fingerprint density at radius 1 is 1.00 bits per heavy atom. The molecule has 5 heteroatoms. The van der Waals surface area contributed by atoms with E-state index in [9.17, 15) is 9.18 Å². The molecule has 0 aliphatic heterocycles. The minimum Gasteiger partial charge on any atom is -0.354 e. The molecule has 5 aromatic rings. The lowest BCUT2D eigenvalue weighted by Gasteiger charge is -2.05. The summed E-state index contributed by atoms with van der Waals surface area (Å²) in [5.41, 5.74) is 4.05. The van der Waals surface area contributed by atoms with Crippen LogP contribution in [0, 0.1) is 5.82 Å². The van der Waals surface area contributed by atoms with E-state index in [0.29, 0.717) is 11.1 Å². The SMILES string of the molecule is O=C(c1ccc(F)cc1)n1ccc2c(-c3cc4ccccc4[nH]3)cncc21. The van der Waals surface area contributed by atoms with Crippen LogP contribution < -0.4 is 0 Å². The Kier molecular flexibility index (Phi) is 3.40. The molecule has 0 aliphatic rings. The van der Waals surface area contributed by atoms with Gasteiger partial charge in [-0.3, -0.25) is 14.3 Å². The van der Waals surface area contributed by atoms with Crippen LogP contribution in [0.15, 0.2) is 79.3 Å². The van der Waals surface area contributed by atoms with Crippen molar-refractivity contribution in [1.82, 2.24) is 14.5 Å². The number of hydrogen-bond donors (Lipinski definition) is 1. The van der Waals surface area contributed by atoms with Crippen LogP contribution >= 0.6 is 0 Å². The summed E-state index contributed by atoms with van der Waals surface area (Å²) in [6.07, 6.45) is 5.19.